The number of hydrogen-bond donors (Lipinski definition) is 1. The number of hydrogen-bond acceptors (Lipinski definition) is 3. The lowest BCUT2D eigenvalue weighted by Crippen LogP contribution is -2.32. The van der Waals surface area contributed by atoms with Crippen molar-refractivity contribution in [3.8, 4) is 0 Å². The van der Waals surface area contributed by atoms with Crippen LogP contribution in [0.1, 0.15) is 40.0 Å². The lowest BCUT2D eigenvalue weighted by molar-refractivity contribution is -0.122. The van der Waals surface area contributed by atoms with Gasteiger partial charge in [-0.2, -0.15) is 0 Å². The standard InChI is InChI=1S/C17H21NO3/c1-17(2,3)12-9-15(20)13(10-14(12)19)18-16(21)8-11-6-4-5-7-11/h4,6,9-11H,5,7-8H2,1-3H3,(H,18,21). The van der Waals surface area contributed by atoms with E-state index in [1.165, 1.54) is 12.2 Å². The molecule has 1 amide bonds. The van der Waals surface area contributed by atoms with E-state index in [-0.39, 0.29) is 34.5 Å². The van der Waals surface area contributed by atoms with Crippen molar-refractivity contribution in [3.05, 3.63) is 35.6 Å². The molecule has 0 aromatic heterocycles. The Balaban J connectivity index is 2.02. The molecule has 0 radical (unpaired) electrons. The highest BCUT2D eigenvalue weighted by Gasteiger charge is 2.29. The molecule has 0 saturated heterocycles. The monoisotopic (exact) mass is 287 g/mol. The average Bonchev–Trinajstić information content (AvgIpc) is 2.84. The minimum Gasteiger partial charge on any atom is -0.323 e. The molecular weight excluding hydrogens is 266 g/mol. The van der Waals surface area contributed by atoms with Gasteiger partial charge in [0.25, 0.3) is 0 Å². The molecule has 0 saturated carbocycles. The number of amides is 1. The van der Waals surface area contributed by atoms with E-state index < -0.39 is 0 Å². The van der Waals surface area contributed by atoms with Crippen LogP contribution in [0.15, 0.2) is 35.6 Å². The molecule has 112 valence electrons. The molecule has 0 heterocycles. The first-order valence-corrected chi connectivity index (χ1v) is 7.26. The van der Waals surface area contributed by atoms with Crippen LogP contribution in [0.2, 0.25) is 0 Å². The van der Waals surface area contributed by atoms with Gasteiger partial charge < -0.3 is 5.32 Å². The molecule has 1 unspecified atom stereocenters. The number of carbonyl (C=O) groups is 3. The van der Waals surface area contributed by atoms with E-state index in [0.717, 1.165) is 12.8 Å². The second-order valence-corrected chi connectivity index (χ2v) is 6.61. The van der Waals surface area contributed by atoms with Gasteiger partial charge >= 0.3 is 0 Å². The van der Waals surface area contributed by atoms with Crippen molar-refractivity contribution in [1.29, 1.82) is 0 Å². The summed E-state index contributed by atoms with van der Waals surface area (Å²) in [5.74, 6) is -0.500. The van der Waals surface area contributed by atoms with Gasteiger partial charge in [0, 0.05) is 18.1 Å². The zero-order valence-electron chi connectivity index (χ0n) is 12.7. The van der Waals surface area contributed by atoms with Gasteiger partial charge in [-0.3, -0.25) is 14.4 Å². The maximum Gasteiger partial charge on any atom is 0.225 e. The van der Waals surface area contributed by atoms with Gasteiger partial charge in [0.05, 0.1) is 5.70 Å². The molecule has 0 spiro atoms. The Morgan fingerprint density at radius 2 is 1.95 bits per heavy atom. The van der Waals surface area contributed by atoms with Gasteiger partial charge in [0.1, 0.15) is 0 Å². The average molecular weight is 287 g/mol. The number of nitrogens with one attached hydrogen (secondary N) is 1. The smallest absolute Gasteiger partial charge is 0.225 e. The van der Waals surface area contributed by atoms with Crippen molar-refractivity contribution < 1.29 is 14.4 Å². The third-order valence-corrected chi connectivity index (χ3v) is 3.72. The summed E-state index contributed by atoms with van der Waals surface area (Å²) in [6.45, 7) is 5.65. The molecule has 1 atom stereocenters. The summed E-state index contributed by atoms with van der Waals surface area (Å²) in [5.41, 5.74) is 0.178. The van der Waals surface area contributed by atoms with E-state index in [0.29, 0.717) is 12.0 Å². The molecule has 2 aliphatic rings. The Morgan fingerprint density at radius 3 is 2.52 bits per heavy atom. The Bertz CT molecular complexity index is 573. The molecule has 4 heteroatoms. The summed E-state index contributed by atoms with van der Waals surface area (Å²) in [6, 6.07) is 0. The molecule has 0 aliphatic heterocycles. The molecule has 0 aromatic rings. The SMILES string of the molecule is CC(C)(C)C1=CC(=O)C(NC(=O)CC2C=CCC2)=CC1=O. The van der Waals surface area contributed by atoms with Crippen LogP contribution in [0, 0.1) is 11.3 Å². The summed E-state index contributed by atoms with van der Waals surface area (Å²) in [6.07, 6.45) is 8.98. The maximum atomic E-state index is 12.1. The zero-order valence-corrected chi connectivity index (χ0v) is 12.7. The van der Waals surface area contributed by atoms with Gasteiger partial charge in [-0.25, -0.2) is 0 Å². The lowest BCUT2D eigenvalue weighted by atomic mass is 9.81. The predicted molar refractivity (Wildman–Crippen MR) is 80.3 cm³/mol. The fourth-order valence-electron chi connectivity index (χ4n) is 2.55. The van der Waals surface area contributed by atoms with Crippen molar-refractivity contribution in [1.82, 2.24) is 5.32 Å². The highest BCUT2D eigenvalue weighted by atomic mass is 16.2. The van der Waals surface area contributed by atoms with Crippen LogP contribution in [-0.2, 0) is 14.4 Å². The predicted octanol–water partition coefficient (Wildman–Crippen LogP) is 2.47. The van der Waals surface area contributed by atoms with E-state index >= 15 is 0 Å². The van der Waals surface area contributed by atoms with Crippen LogP contribution in [0.25, 0.3) is 0 Å². The van der Waals surface area contributed by atoms with E-state index in [9.17, 15) is 14.4 Å². The third-order valence-electron chi connectivity index (χ3n) is 3.72. The topological polar surface area (TPSA) is 63.2 Å². The highest BCUT2D eigenvalue weighted by molar-refractivity contribution is 6.21. The number of carbonyl (C=O) groups excluding carboxylic acids is 3. The summed E-state index contributed by atoms with van der Waals surface area (Å²) < 4.78 is 0. The molecule has 4 nitrogen and oxygen atoms in total. The first-order chi connectivity index (χ1) is 9.77. The van der Waals surface area contributed by atoms with Crippen molar-refractivity contribution in [2.45, 2.75) is 40.0 Å². The van der Waals surface area contributed by atoms with Gasteiger partial charge in [-0.15, -0.1) is 0 Å². The summed E-state index contributed by atoms with van der Waals surface area (Å²) in [5, 5.41) is 2.57. The van der Waals surface area contributed by atoms with Crippen LogP contribution in [0.3, 0.4) is 0 Å². The fourth-order valence-corrected chi connectivity index (χ4v) is 2.55. The summed E-state index contributed by atoms with van der Waals surface area (Å²) in [7, 11) is 0. The Hall–Kier alpha value is -1.97. The van der Waals surface area contributed by atoms with Crippen molar-refractivity contribution in [2.24, 2.45) is 11.3 Å². The molecule has 0 aromatic carbocycles. The Labute approximate surface area is 125 Å². The van der Waals surface area contributed by atoms with Crippen LogP contribution < -0.4 is 5.32 Å². The largest absolute Gasteiger partial charge is 0.323 e. The third kappa shape index (κ3) is 3.78. The minimum atomic E-state index is -0.382. The lowest BCUT2D eigenvalue weighted by Gasteiger charge is -2.23. The molecule has 21 heavy (non-hydrogen) atoms. The van der Waals surface area contributed by atoms with Crippen LogP contribution >= 0.6 is 0 Å². The van der Waals surface area contributed by atoms with E-state index in [2.05, 4.69) is 11.4 Å². The number of allylic oxidation sites excluding steroid dienone is 5. The van der Waals surface area contributed by atoms with Gasteiger partial charge in [0.2, 0.25) is 11.7 Å². The summed E-state index contributed by atoms with van der Waals surface area (Å²) >= 11 is 0. The van der Waals surface area contributed by atoms with Gasteiger partial charge in [-0.1, -0.05) is 32.9 Å². The molecule has 0 fully saturated rings. The first-order valence-electron chi connectivity index (χ1n) is 7.26. The van der Waals surface area contributed by atoms with Crippen LogP contribution in [0.4, 0.5) is 0 Å². The second-order valence-electron chi connectivity index (χ2n) is 6.61. The zero-order chi connectivity index (χ0) is 15.6. The Kier molecular flexibility index (Phi) is 4.26. The molecule has 0 bridgehead atoms. The van der Waals surface area contributed by atoms with E-state index in [4.69, 9.17) is 0 Å². The molecule has 2 rings (SSSR count). The highest BCUT2D eigenvalue weighted by Crippen LogP contribution is 2.29. The number of ketones is 2. The Morgan fingerprint density at radius 1 is 1.24 bits per heavy atom. The molecule has 2 aliphatic carbocycles. The van der Waals surface area contributed by atoms with Crippen LogP contribution in [0.5, 0.6) is 0 Å². The van der Waals surface area contributed by atoms with Crippen molar-refractivity contribution in [3.63, 3.8) is 0 Å². The van der Waals surface area contributed by atoms with E-state index in [1.807, 2.05) is 26.8 Å². The molecule has 1 N–H and O–H groups in total. The van der Waals surface area contributed by atoms with Crippen molar-refractivity contribution >= 4 is 17.5 Å². The van der Waals surface area contributed by atoms with Crippen LogP contribution in [-0.4, -0.2) is 17.5 Å². The minimum absolute atomic E-state index is 0.0833. The van der Waals surface area contributed by atoms with Gasteiger partial charge in [-0.05, 0) is 30.3 Å². The fraction of sp³-hybridized carbons (Fsp3) is 0.471. The number of rotatable bonds is 3. The quantitative estimate of drug-likeness (QED) is 0.640. The van der Waals surface area contributed by atoms with Gasteiger partial charge in [0.15, 0.2) is 5.78 Å². The normalized spacial score (nSPS) is 22.1. The molecular formula is C17H21NO3. The van der Waals surface area contributed by atoms with Crippen molar-refractivity contribution in [2.75, 3.05) is 0 Å². The van der Waals surface area contributed by atoms with E-state index in [1.54, 1.807) is 0 Å². The summed E-state index contributed by atoms with van der Waals surface area (Å²) in [4.78, 5) is 36.0. The second kappa shape index (κ2) is 5.80. The first kappa shape index (κ1) is 15.4. The maximum absolute atomic E-state index is 12.1.